The molecular formula is C16H33N3O3. The lowest BCUT2D eigenvalue weighted by molar-refractivity contribution is -0.131. The molecule has 0 aromatic heterocycles. The van der Waals surface area contributed by atoms with Gasteiger partial charge in [0, 0.05) is 44.7 Å². The fourth-order valence-electron chi connectivity index (χ4n) is 3.03. The minimum Gasteiger partial charge on any atom is -0.368 e. The van der Waals surface area contributed by atoms with Gasteiger partial charge in [0.2, 0.25) is 0 Å². The highest BCUT2D eigenvalue weighted by Crippen LogP contribution is 2.26. The fourth-order valence-corrected chi connectivity index (χ4v) is 3.03. The van der Waals surface area contributed by atoms with Crippen molar-refractivity contribution in [1.82, 2.24) is 15.5 Å². The van der Waals surface area contributed by atoms with Gasteiger partial charge in [-0.25, -0.2) is 0 Å². The molecule has 0 aliphatic carbocycles. The normalized spacial score (nSPS) is 19.5. The summed E-state index contributed by atoms with van der Waals surface area (Å²) in [6.07, 6.45) is 2.02. The number of carbonyl (C=O) groups is 1. The number of nitrogens with one attached hydrogen (secondary N) is 2. The number of nitrogens with zero attached hydrogens (tertiary/aromatic N) is 1. The Kier molecular flexibility index (Phi) is 9.82. The van der Waals surface area contributed by atoms with Gasteiger partial charge >= 0.3 is 0 Å². The molecule has 1 aliphatic rings. The van der Waals surface area contributed by atoms with E-state index in [2.05, 4.69) is 15.5 Å². The van der Waals surface area contributed by atoms with Gasteiger partial charge in [0.05, 0.1) is 0 Å². The first-order valence-electron chi connectivity index (χ1n) is 8.51. The predicted octanol–water partition coefficient (Wildman–Crippen LogP) is 0.00700. The molecule has 1 fully saturated rings. The van der Waals surface area contributed by atoms with Crippen molar-refractivity contribution >= 4 is 6.29 Å². The quantitative estimate of drug-likeness (QED) is 0.244. The van der Waals surface area contributed by atoms with Gasteiger partial charge in [-0.1, -0.05) is 20.3 Å². The molecule has 6 heteroatoms. The number of hydrogen-bond donors (Lipinski definition) is 4. The molecule has 0 bridgehead atoms. The summed E-state index contributed by atoms with van der Waals surface area (Å²) in [5, 5.41) is 25.8. The van der Waals surface area contributed by atoms with Crippen molar-refractivity contribution < 1.29 is 15.0 Å². The molecule has 1 heterocycles. The molecule has 1 saturated heterocycles. The van der Waals surface area contributed by atoms with E-state index in [0.717, 1.165) is 58.5 Å². The SMILES string of the molecule is CC(C)C(C=O)C(CCCCNCN1CCNCC1)C(O)O. The van der Waals surface area contributed by atoms with Crippen LogP contribution in [0.1, 0.15) is 33.1 Å². The van der Waals surface area contributed by atoms with E-state index in [1.165, 1.54) is 0 Å². The van der Waals surface area contributed by atoms with Gasteiger partial charge in [-0.05, 0) is 25.3 Å². The van der Waals surface area contributed by atoms with E-state index in [1.807, 2.05) is 13.8 Å². The van der Waals surface area contributed by atoms with Crippen LogP contribution in [0.3, 0.4) is 0 Å². The molecular weight excluding hydrogens is 282 g/mol. The molecule has 0 saturated carbocycles. The van der Waals surface area contributed by atoms with Crippen LogP contribution in [0.15, 0.2) is 0 Å². The number of piperazine rings is 1. The minimum absolute atomic E-state index is 0.134. The largest absolute Gasteiger partial charge is 0.368 e. The molecule has 4 N–H and O–H groups in total. The van der Waals surface area contributed by atoms with Gasteiger partial charge in [0.25, 0.3) is 0 Å². The lowest BCUT2D eigenvalue weighted by atomic mass is 9.81. The summed E-state index contributed by atoms with van der Waals surface area (Å²) in [7, 11) is 0. The molecule has 0 radical (unpaired) electrons. The van der Waals surface area contributed by atoms with Crippen molar-refractivity contribution in [3.63, 3.8) is 0 Å². The topological polar surface area (TPSA) is 84.8 Å². The fraction of sp³-hybridized carbons (Fsp3) is 0.938. The number of aliphatic hydroxyl groups is 2. The van der Waals surface area contributed by atoms with Crippen molar-refractivity contribution in [2.75, 3.05) is 39.4 Å². The maximum absolute atomic E-state index is 11.2. The number of aliphatic hydroxyl groups excluding tert-OH is 1. The highest BCUT2D eigenvalue weighted by molar-refractivity contribution is 5.54. The van der Waals surface area contributed by atoms with Gasteiger partial charge in [0.15, 0.2) is 6.29 Å². The summed E-state index contributed by atoms with van der Waals surface area (Å²) in [6.45, 7) is 10.0. The highest BCUT2D eigenvalue weighted by atomic mass is 16.5. The zero-order valence-electron chi connectivity index (χ0n) is 14.0. The van der Waals surface area contributed by atoms with Gasteiger partial charge < -0.3 is 25.6 Å². The van der Waals surface area contributed by atoms with Crippen LogP contribution in [0, 0.1) is 17.8 Å². The Morgan fingerprint density at radius 2 is 1.91 bits per heavy atom. The van der Waals surface area contributed by atoms with Crippen LogP contribution in [-0.2, 0) is 4.79 Å². The highest BCUT2D eigenvalue weighted by Gasteiger charge is 2.28. The molecule has 2 atom stereocenters. The Labute approximate surface area is 134 Å². The molecule has 1 rings (SSSR count). The van der Waals surface area contributed by atoms with Gasteiger partial charge in [0.1, 0.15) is 6.29 Å². The second kappa shape index (κ2) is 11.1. The van der Waals surface area contributed by atoms with E-state index < -0.39 is 6.29 Å². The minimum atomic E-state index is -1.41. The first kappa shape index (κ1) is 19.5. The average Bonchev–Trinajstić information content (AvgIpc) is 2.50. The summed E-state index contributed by atoms with van der Waals surface area (Å²) in [5.41, 5.74) is 0. The number of hydrogen-bond acceptors (Lipinski definition) is 6. The number of rotatable bonds is 11. The summed E-state index contributed by atoms with van der Waals surface area (Å²) >= 11 is 0. The van der Waals surface area contributed by atoms with Crippen molar-refractivity contribution in [2.45, 2.75) is 39.4 Å². The summed E-state index contributed by atoms with van der Waals surface area (Å²) in [5.74, 6) is -0.505. The lowest BCUT2D eigenvalue weighted by Crippen LogP contribution is -2.47. The first-order chi connectivity index (χ1) is 10.6. The third-order valence-corrected chi connectivity index (χ3v) is 4.49. The summed E-state index contributed by atoms with van der Waals surface area (Å²) in [6, 6.07) is 0. The maximum atomic E-state index is 11.2. The summed E-state index contributed by atoms with van der Waals surface area (Å²) < 4.78 is 0. The van der Waals surface area contributed by atoms with Crippen LogP contribution in [-0.4, -0.2) is 67.1 Å². The first-order valence-corrected chi connectivity index (χ1v) is 8.51. The molecule has 0 aromatic carbocycles. The van der Waals surface area contributed by atoms with E-state index in [0.29, 0.717) is 6.42 Å². The van der Waals surface area contributed by atoms with E-state index in [9.17, 15) is 15.0 Å². The average molecular weight is 315 g/mol. The van der Waals surface area contributed by atoms with Crippen LogP contribution < -0.4 is 10.6 Å². The zero-order valence-corrected chi connectivity index (χ0v) is 14.0. The third-order valence-electron chi connectivity index (χ3n) is 4.49. The molecule has 2 unspecified atom stereocenters. The van der Waals surface area contributed by atoms with E-state index in [1.54, 1.807) is 0 Å². The molecule has 22 heavy (non-hydrogen) atoms. The van der Waals surface area contributed by atoms with Crippen LogP contribution in [0.4, 0.5) is 0 Å². The number of carbonyl (C=O) groups excluding carboxylic acids is 1. The molecule has 0 amide bonds. The molecule has 1 aliphatic heterocycles. The monoisotopic (exact) mass is 315 g/mol. The van der Waals surface area contributed by atoms with Crippen molar-refractivity contribution in [3.05, 3.63) is 0 Å². The van der Waals surface area contributed by atoms with Crippen LogP contribution in [0.2, 0.25) is 0 Å². The smallest absolute Gasteiger partial charge is 0.154 e. The Morgan fingerprint density at radius 1 is 1.23 bits per heavy atom. The standard InChI is InChI=1S/C16H33N3O3/c1-13(2)15(11-20)14(16(21)22)5-3-4-6-18-12-19-9-7-17-8-10-19/h11,13-18,21-22H,3-10,12H2,1-2H3. The number of unbranched alkanes of at least 4 members (excludes halogenated alkanes) is 1. The predicted molar refractivity (Wildman–Crippen MR) is 87.3 cm³/mol. The molecule has 130 valence electrons. The van der Waals surface area contributed by atoms with Crippen molar-refractivity contribution in [1.29, 1.82) is 0 Å². The zero-order chi connectivity index (χ0) is 16.4. The van der Waals surface area contributed by atoms with Gasteiger partial charge in [-0.3, -0.25) is 4.90 Å². The lowest BCUT2D eigenvalue weighted by Gasteiger charge is -2.28. The third kappa shape index (κ3) is 7.15. The Balaban J connectivity index is 2.16. The van der Waals surface area contributed by atoms with Crippen molar-refractivity contribution in [2.24, 2.45) is 17.8 Å². The van der Waals surface area contributed by atoms with Gasteiger partial charge in [-0.2, -0.15) is 0 Å². The maximum Gasteiger partial charge on any atom is 0.154 e. The van der Waals surface area contributed by atoms with Gasteiger partial charge in [-0.15, -0.1) is 0 Å². The Hall–Kier alpha value is -0.530. The van der Waals surface area contributed by atoms with Crippen LogP contribution in [0.5, 0.6) is 0 Å². The molecule has 0 spiro atoms. The van der Waals surface area contributed by atoms with E-state index in [-0.39, 0.29) is 17.8 Å². The molecule has 0 aromatic rings. The van der Waals surface area contributed by atoms with E-state index >= 15 is 0 Å². The Bertz CT molecular complexity index is 294. The van der Waals surface area contributed by atoms with Crippen LogP contribution in [0.25, 0.3) is 0 Å². The Morgan fingerprint density at radius 3 is 2.45 bits per heavy atom. The van der Waals surface area contributed by atoms with E-state index in [4.69, 9.17) is 0 Å². The second-order valence-corrected chi connectivity index (χ2v) is 6.56. The second-order valence-electron chi connectivity index (χ2n) is 6.56. The summed E-state index contributed by atoms with van der Waals surface area (Å²) in [4.78, 5) is 13.5. The van der Waals surface area contributed by atoms with Crippen molar-refractivity contribution in [3.8, 4) is 0 Å². The molecule has 6 nitrogen and oxygen atoms in total. The van der Waals surface area contributed by atoms with Crippen LogP contribution >= 0.6 is 0 Å². The number of aldehydes is 1.